The molecule has 0 bridgehead atoms. The molecule has 18 heavy (non-hydrogen) atoms. The molecule has 0 heterocycles. The van der Waals surface area contributed by atoms with Crippen molar-refractivity contribution in [2.24, 2.45) is 5.92 Å². The van der Waals surface area contributed by atoms with E-state index in [1.807, 2.05) is 0 Å². The summed E-state index contributed by atoms with van der Waals surface area (Å²) in [6, 6.07) is 6.55. The van der Waals surface area contributed by atoms with Crippen molar-refractivity contribution in [2.75, 3.05) is 18.0 Å². The molecule has 3 heteroatoms. The van der Waals surface area contributed by atoms with Gasteiger partial charge in [-0.1, -0.05) is 64.6 Å². The SMILES string of the molecule is CCC(CC)CN(CC)c1cc(Br)ccc1CBr. The van der Waals surface area contributed by atoms with E-state index in [9.17, 15) is 0 Å². The summed E-state index contributed by atoms with van der Waals surface area (Å²) >= 11 is 7.17. The third-order valence-electron chi connectivity index (χ3n) is 3.55. The Hall–Kier alpha value is -0.0200. The summed E-state index contributed by atoms with van der Waals surface area (Å²) in [6.45, 7) is 9.02. The average Bonchev–Trinajstić information content (AvgIpc) is 2.40. The molecule has 1 rings (SSSR count). The van der Waals surface area contributed by atoms with Gasteiger partial charge in [0.05, 0.1) is 0 Å². The summed E-state index contributed by atoms with van der Waals surface area (Å²) in [4.78, 5) is 2.50. The Labute approximate surface area is 128 Å². The number of halogens is 2. The maximum Gasteiger partial charge on any atom is 0.0418 e. The Morgan fingerprint density at radius 2 is 1.83 bits per heavy atom. The molecule has 1 aromatic carbocycles. The molecule has 0 aliphatic heterocycles. The van der Waals surface area contributed by atoms with Gasteiger partial charge in [0.1, 0.15) is 0 Å². The van der Waals surface area contributed by atoms with Gasteiger partial charge in [0, 0.05) is 28.6 Å². The number of rotatable bonds is 7. The Balaban J connectivity index is 2.96. The van der Waals surface area contributed by atoms with E-state index in [0.717, 1.165) is 28.8 Å². The molecule has 102 valence electrons. The smallest absolute Gasteiger partial charge is 0.0418 e. The highest BCUT2D eigenvalue weighted by atomic mass is 79.9. The molecule has 0 spiro atoms. The van der Waals surface area contributed by atoms with Gasteiger partial charge < -0.3 is 4.90 Å². The minimum Gasteiger partial charge on any atom is -0.371 e. The van der Waals surface area contributed by atoms with Gasteiger partial charge in [-0.25, -0.2) is 0 Å². The predicted octanol–water partition coefficient (Wildman–Crippen LogP) is 5.61. The van der Waals surface area contributed by atoms with Crippen LogP contribution in [0.4, 0.5) is 5.69 Å². The zero-order chi connectivity index (χ0) is 13.5. The standard InChI is InChI=1S/C15H23Br2N/c1-4-12(5-2)11-18(6-3)15-9-14(17)8-7-13(15)10-16/h7-9,12H,4-6,10-11H2,1-3H3. The number of anilines is 1. The first-order valence-electron chi connectivity index (χ1n) is 6.75. The first-order valence-corrected chi connectivity index (χ1v) is 8.66. The van der Waals surface area contributed by atoms with Crippen molar-refractivity contribution in [3.05, 3.63) is 28.2 Å². The Bertz CT molecular complexity index is 362. The summed E-state index contributed by atoms with van der Waals surface area (Å²) in [5, 5.41) is 0.912. The van der Waals surface area contributed by atoms with E-state index < -0.39 is 0 Å². The molecule has 0 radical (unpaired) electrons. The third-order valence-corrected chi connectivity index (χ3v) is 4.64. The lowest BCUT2D eigenvalue weighted by Gasteiger charge is -2.29. The topological polar surface area (TPSA) is 3.24 Å². The van der Waals surface area contributed by atoms with Gasteiger partial charge in [-0.3, -0.25) is 0 Å². The number of benzene rings is 1. The van der Waals surface area contributed by atoms with Crippen molar-refractivity contribution in [1.82, 2.24) is 0 Å². The van der Waals surface area contributed by atoms with E-state index >= 15 is 0 Å². The van der Waals surface area contributed by atoms with E-state index in [4.69, 9.17) is 0 Å². The van der Waals surface area contributed by atoms with Crippen molar-refractivity contribution in [1.29, 1.82) is 0 Å². The van der Waals surface area contributed by atoms with Crippen LogP contribution in [0.3, 0.4) is 0 Å². The fourth-order valence-electron chi connectivity index (χ4n) is 2.20. The molecule has 0 atom stereocenters. The Kier molecular flexibility index (Phi) is 7.31. The molecular weight excluding hydrogens is 354 g/mol. The van der Waals surface area contributed by atoms with Crippen molar-refractivity contribution in [3.63, 3.8) is 0 Å². The van der Waals surface area contributed by atoms with Gasteiger partial charge in [-0.15, -0.1) is 0 Å². The van der Waals surface area contributed by atoms with Crippen LogP contribution in [-0.2, 0) is 5.33 Å². The number of hydrogen-bond acceptors (Lipinski definition) is 1. The summed E-state index contributed by atoms with van der Waals surface area (Å²) in [5.74, 6) is 0.784. The molecule has 0 saturated carbocycles. The van der Waals surface area contributed by atoms with Crippen LogP contribution in [0.5, 0.6) is 0 Å². The van der Waals surface area contributed by atoms with E-state index in [1.165, 1.54) is 24.1 Å². The fraction of sp³-hybridized carbons (Fsp3) is 0.600. The van der Waals surface area contributed by atoms with Crippen molar-refractivity contribution >= 4 is 37.5 Å². The van der Waals surface area contributed by atoms with Crippen LogP contribution in [-0.4, -0.2) is 13.1 Å². The number of alkyl halides is 1. The molecule has 0 aromatic heterocycles. The maximum atomic E-state index is 3.59. The van der Waals surface area contributed by atoms with Crippen LogP contribution < -0.4 is 4.90 Å². The molecule has 0 saturated heterocycles. The number of hydrogen-bond donors (Lipinski definition) is 0. The highest BCUT2D eigenvalue weighted by Gasteiger charge is 2.13. The van der Waals surface area contributed by atoms with Gasteiger partial charge in [0.2, 0.25) is 0 Å². The average molecular weight is 377 g/mol. The lowest BCUT2D eigenvalue weighted by molar-refractivity contribution is 0.486. The normalized spacial score (nSPS) is 11.0. The van der Waals surface area contributed by atoms with Crippen molar-refractivity contribution in [3.8, 4) is 0 Å². The molecule has 0 fully saturated rings. The van der Waals surface area contributed by atoms with Crippen LogP contribution in [0.1, 0.15) is 39.2 Å². The molecule has 1 nitrogen and oxygen atoms in total. The van der Waals surface area contributed by atoms with Gasteiger partial charge in [0.25, 0.3) is 0 Å². The van der Waals surface area contributed by atoms with Gasteiger partial charge in [-0.2, -0.15) is 0 Å². The highest BCUT2D eigenvalue weighted by Crippen LogP contribution is 2.28. The zero-order valence-corrected chi connectivity index (χ0v) is 14.7. The van der Waals surface area contributed by atoms with Crippen LogP contribution in [0.25, 0.3) is 0 Å². The molecule has 0 N–H and O–H groups in total. The van der Waals surface area contributed by atoms with E-state index in [2.05, 4.69) is 75.7 Å². The second-order valence-corrected chi connectivity index (χ2v) is 6.10. The van der Waals surface area contributed by atoms with E-state index in [0.29, 0.717) is 0 Å². The van der Waals surface area contributed by atoms with Gasteiger partial charge >= 0.3 is 0 Å². The lowest BCUT2D eigenvalue weighted by atomic mass is 10.0. The summed E-state index contributed by atoms with van der Waals surface area (Å²) < 4.78 is 1.16. The highest BCUT2D eigenvalue weighted by molar-refractivity contribution is 9.10. The van der Waals surface area contributed by atoms with Crippen LogP contribution in [0.15, 0.2) is 22.7 Å². The largest absolute Gasteiger partial charge is 0.371 e. The Morgan fingerprint density at radius 3 is 2.33 bits per heavy atom. The minimum atomic E-state index is 0.784. The molecule has 0 unspecified atom stereocenters. The molecule has 1 aromatic rings. The summed E-state index contributed by atoms with van der Waals surface area (Å²) in [7, 11) is 0. The molecular formula is C15H23Br2N. The van der Waals surface area contributed by atoms with Crippen molar-refractivity contribution in [2.45, 2.75) is 38.9 Å². The molecule has 0 amide bonds. The van der Waals surface area contributed by atoms with Crippen LogP contribution >= 0.6 is 31.9 Å². The maximum absolute atomic E-state index is 3.59. The molecule has 0 aliphatic carbocycles. The molecule has 0 aliphatic rings. The first kappa shape index (κ1) is 16.0. The predicted molar refractivity (Wildman–Crippen MR) is 88.7 cm³/mol. The van der Waals surface area contributed by atoms with E-state index in [-0.39, 0.29) is 0 Å². The van der Waals surface area contributed by atoms with Crippen LogP contribution in [0, 0.1) is 5.92 Å². The van der Waals surface area contributed by atoms with Crippen molar-refractivity contribution < 1.29 is 0 Å². The monoisotopic (exact) mass is 375 g/mol. The van der Waals surface area contributed by atoms with Gasteiger partial charge in [-0.05, 0) is 30.5 Å². The van der Waals surface area contributed by atoms with Gasteiger partial charge in [0.15, 0.2) is 0 Å². The quantitative estimate of drug-likeness (QED) is 0.559. The second kappa shape index (κ2) is 8.21. The second-order valence-electron chi connectivity index (χ2n) is 4.63. The minimum absolute atomic E-state index is 0.784. The van der Waals surface area contributed by atoms with E-state index in [1.54, 1.807) is 0 Å². The summed E-state index contributed by atoms with van der Waals surface area (Å²) in [5.41, 5.74) is 2.72. The first-order chi connectivity index (χ1) is 8.65. The van der Waals surface area contributed by atoms with Crippen LogP contribution in [0.2, 0.25) is 0 Å². The Morgan fingerprint density at radius 1 is 1.17 bits per heavy atom. The third kappa shape index (κ3) is 4.27. The summed E-state index contributed by atoms with van der Waals surface area (Å²) in [6.07, 6.45) is 2.51. The number of nitrogens with zero attached hydrogens (tertiary/aromatic N) is 1. The lowest BCUT2D eigenvalue weighted by Crippen LogP contribution is -2.29. The fourth-order valence-corrected chi connectivity index (χ4v) is 3.02. The zero-order valence-electron chi connectivity index (χ0n) is 11.5.